The van der Waals surface area contributed by atoms with Gasteiger partial charge in [-0.3, -0.25) is 4.79 Å². The van der Waals surface area contributed by atoms with Crippen LogP contribution in [0.2, 0.25) is 0 Å². The summed E-state index contributed by atoms with van der Waals surface area (Å²) in [5.74, 6) is -0.404. The lowest BCUT2D eigenvalue weighted by Gasteiger charge is -2.07. The topological polar surface area (TPSA) is 115 Å². The highest BCUT2D eigenvalue weighted by molar-refractivity contribution is 6.01. The standard InChI is InChI=1S/C13H17N5O3/c1-9-2-4-10(5-3-9)15-12(20)11-16-13(14)17-18(11)8-21-7-6-19/h2-5,19H,6-8H2,1H3,(H2,14,17)(H,15,20). The molecule has 0 saturated carbocycles. The molecule has 1 heterocycles. The number of hydrogen-bond acceptors (Lipinski definition) is 6. The second kappa shape index (κ2) is 6.82. The fraction of sp³-hybridized carbons (Fsp3) is 0.308. The van der Waals surface area contributed by atoms with Crippen molar-refractivity contribution in [3.05, 3.63) is 35.7 Å². The minimum Gasteiger partial charge on any atom is -0.394 e. The number of ether oxygens (including phenoxy) is 1. The molecular weight excluding hydrogens is 274 g/mol. The van der Waals surface area contributed by atoms with Crippen LogP contribution in [0.25, 0.3) is 0 Å². The summed E-state index contributed by atoms with van der Waals surface area (Å²) in [6.45, 7) is 1.97. The maximum atomic E-state index is 12.2. The maximum Gasteiger partial charge on any atom is 0.293 e. The molecule has 0 radical (unpaired) electrons. The monoisotopic (exact) mass is 291 g/mol. The van der Waals surface area contributed by atoms with Crippen molar-refractivity contribution >= 4 is 17.5 Å². The molecule has 0 bridgehead atoms. The third kappa shape index (κ3) is 4.01. The van der Waals surface area contributed by atoms with Gasteiger partial charge in [-0.2, -0.15) is 4.98 Å². The van der Waals surface area contributed by atoms with Gasteiger partial charge in [0.25, 0.3) is 5.91 Å². The van der Waals surface area contributed by atoms with Crippen LogP contribution < -0.4 is 11.1 Å². The molecule has 0 aliphatic carbocycles. The van der Waals surface area contributed by atoms with E-state index in [9.17, 15) is 4.79 Å². The van der Waals surface area contributed by atoms with Crippen LogP contribution in [0.1, 0.15) is 16.2 Å². The third-order valence-corrected chi connectivity index (χ3v) is 2.65. The zero-order valence-corrected chi connectivity index (χ0v) is 11.6. The number of amides is 1. The van der Waals surface area contributed by atoms with E-state index >= 15 is 0 Å². The van der Waals surface area contributed by atoms with Crippen molar-refractivity contribution in [2.24, 2.45) is 0 Å². The minimum absolute atomic E-state index is 0.0125. The van der Waals surface area contributed by atoms with Crippen LogP contribution >= 0.6 is 0 Å². The fourth-order valence-electron chi connectivity index (χ4n) is 1.66. The first-order chi connectivity index (χ1) is 10.1. The summed E-state index contributed by atoms with van der Waals surface area (Å²) < 4.78 is 6.36. The minimum atomic E-state index is -0.435. The highest BCUT2D eigenvalue weighted by Gasteiger charge is 2.16. The smallest absolute Gasteiger partial charge is 0.293 e. The van der Waals surface area contributed by atoms with Gasteiger partial charge in [-0.05, 0) is 19.1 Å². The van der Waals surface area contributed by atoms with E-state index in [4.69, 9.17) is 15.6 Å². The van der Waals surface area contributed by atoms with Crippen molar-refractivity contribution in [2.75, 3.05) is 24.3 Å². The highest BCUT2D eigenvalue weighted by atomic mass is 16.5. The van der Waals surface area contributed by atoms with E-state index in [0.717, 1.165) is 5.56 Å². The van der Waals surface area contributed by atoms with Crippen LogP contribution in [-0.4, -0.2) is 39.0 Å². The van der Waals surface area contributed by atoms with E-state index in [1.807, 2.05) is 19.1 Å². The Morgan fingerprint density at radius 1 is 1.43 bits per heavy atom. The Labute approximate surface area is 121 Å². The number of benzene rings is 1. The molecule has 0 aliphatic rings. The summed E-state index contributed by atoms with van der Waals surface area (Å²) in [6.07, 6.45) is 0. The van der Waals surface area contributed by atoms with Crippen LogP contribution in [0.3, 0.4) is 0 Å². The molecule has 0 spiro atoms. The molecule has 8 nitrogen and oxygen atoms in total. The molecule has 21 heavy (non-hydrogen) atoms. The number of nitrogens with zero attached hydrogens (tertiary/aromatic N) is 3. The van der Waals surface area contributed by atoms with Crippen LogP contribution in [0, 0.1) is 6.92 Å². The molecule has 0 atom stereocenters. The molecule has 2 rings (SSSR count). The Morgan fingerprint density at radius 2 is 2.14 bits per heavy atom. The molecule has 0 aliphatic heterocycles. The number of anilines is 2. The van der Waals surface area contributed by atoms with Gasteiger partial charge < -0.3 is 20.9 Å². The van der Waals surface area contributed by atoms with Crippen LogP contribution in [-0.2, 0) is 11.5 Å². The quantitative estimate of drug-likeness (QED) is 0.663. The van der Waals surface area contributed by atoms with E-state index in [-0.39, 0.29) is 31.7 Å². The van der Waals surface area contributed by atoms with Gasteiger partial charge in [0.15, 0.2) is 0 Å². The molecular formula is C13H17N5O3. The highest BCUT2D eigenvalue weighted by Crippen LogP contribution is 2.10. The normalized spacial score (nSPS) is 10.6. The van der Waals surface area contributed by atoms with Crippen molar-refractivity contribution in [2.45, 2.75) is 13.7 Å². The van der Waals surface area contributed by atoms with Crippen molar-refractivity contribution in [3.63, 3.8) is 0 Å². The van der Waals surface area contributed by atoms with Gasteiger partial charge in [0.1, 0.15) is 6.73 Å². The largest absolute Gasteiger partial charge is 0.394 e. The molecule has 1 aromatic carbocycles. The SMILES string of the molecule is Cc1ccc(NC(=O)c2nc(N)nn2COCCO)cc1. The Kier molecular flexibility index (Phi) is 4.85. The number of aromatic nitrogens is 3. The van der Waals surface area contributed by atoms with E-state index in [1.165, 1.54) is 4.68 Å². The first-order valence-electron chi connectivity index (χ1n) is 6.37. The molecule has 1 aromatic heterocycles. The number of rotatable bonds is 6. The summed E-state index contributed by atoms with van der Waals surface area (Å²) in [6, 6.07) is 7.36. The Hall–Kier alpha value is -2.45. The molecule has 0 unspecified atom stereocenters. The van der Waals surface area contributed by atoms with Gasteiger partial charge in [-0.15, -0.1) is 5.10 Å². The average Bonchev–Trinajstić information content (AvgIpc) is 2.83. The van der Waals surface area contributed by atoms with Gasteiger partial charge in [0.05, 0.1) is 13.2 Å². The van der Waals surface area contributed by atoms with Gasteiger partial charge in [0, 0.05) is 5.69 Å². The Bertz CT molecular complexity index is 609. The van der Waals surface area contributed by atoms with E-state index in [1.54, 1.807) is 12.1 Å². The first-order valence-corrected chi connectivity index (χ1v) is 6.37. The maximum absolute atomic E-state index is 12.2. The van der Waals surface area contributed by atoms with E-state index in [2.05, 4.69) is 15.4 Å². The van der Waals surface area contributed by atoms with Crippen LogP contribution in [0.5, 0.6) is 0 Å². The lowest BCUT2D eigenvalue weighted by atomic mass is 10.2. The van der Waals surface area contributed by atoms with Gasteiger partial charge in [-0.1, -0.05) is 17.7 Å². The summed E-state index contributed by atoms with van der Waals surface area (Å²) in [4.78, 5) is 16.0. The van der Waals surface area contributed by atoms with Crippen LogP contribution in [0.15, 0.2) is 24.3 Å². The lowest BCUT2D eigenvalue weighted by molar-refractivity contribution is 0.0401. The summed E-state index contributed by atoms with van der Waals surface area (Å²) in [5.41, 5.74) is 7.25. The zero-order valence-electron chi connectivity index (χ0n) is 11.6. The number of hydrogen-bond donors (Lipinski definition) is 3. The van der Waals surface area contributed by atoms with E-state index < -0.39 is 5.91 Å². The van der Waals surface area contributed by atoms with Gasteiger partial charge in [0.2, 0.25) is 11.8 Å². The van der Waals surface area contributed by atoms with Crippen molar-refractivity contribution in [3.8, 4) is 0 Å². The number of carbonyl (C=O) groups excluding carboxylic acids is 1. The van der Waals surface area contributed by atoms with Gasteiger partial charge in [-0.25, -0.2) is 4.68 Å². The van der Waals surface area contributed by atoms with E-state index in [0.29, 0.717) is 5.69 Å². The second-order valence-electron chi connectivity index (χ2n) is 4.37. The third-order valence-electron chi connectivity index (χ3n) is 2.65. The molecule has 2 aromatic rings. The number of aliphatic hydroxyl groups excluding tert-OH is 1. The Morgan fingerprint density at radius 3 is 2.81 bits per heavy atom. The Balaban J connectivity index is 2.09. The fourth-order valence-corrected chi connectivity index (χ4v) is 1.66. The second-order valence-corrected chi connectivity index (χ2v) is 4.37. The molecule has 4 N–H and O–H groups in total. The predicted octanol–water partition coefficient (Wildman–Crippen LogP) is 0.387. The number of aryl methyl sites for hydroxylation is 1. The average molecular weight is 291 g/mol. The molecule has 1 amide bonds. The number of nitrogen functional groups attached to an aromatic ring is 1. The molecule has 8 heteroatoms. The summed E-state index contributed by atoms with van der Waals surface area (Å²) in [5, 5.41) is 15.3. The summed E-state index contributed by atoms with van der Waals surface area (Å²) in [7, 11) is 0. The zero-order chi connectivity index (χ0) is 15.2. The lowest BCUT2D eigenvalue weighted by Crippen LogP contribution is -2.20. The van der Waals surface area contributed by atoms with Crippen LogP contribution in [0.4, 0.5) is 11.6 Å². The van der Waals surface area contributed by atoms with Crippen molar-refractivity contribution in [1.82, 2.24) is 14.8 Å². The van der Waals surface area contributed by atoms with Crippen molar-refractivity contribution in [1.29, 1.82) is 0 Å². The van der Waals surface area contributed by atoms with Gasteiger partial charge >= 0.3 is 0 Å². The number of nitrogens with two attached hydrogens (primary N) is 1. The number of carbonyl (C=O) groups is 1. The first kappa shape index (κ1) is 14.9. The molecule has 0 fully saturated rings. The molecule has 0 saturated heterocycles. The van der Waals surface area contributed by atoms with Crippen molar-refractivity contribution < 1.29 is 14.6 Å². The number of nitrogens with one attached hydrogen (secondary N) is 1. The summed E-state index contributed by atoms with van der Waals surface area (Å²) >= 11 is 0. The number of aliphatic hydroxyl groups is 1. The molecule has 112 valence electrons. The predicted molar refractivity (Wildman–Crippen MR) is 76.6 cm³/mol.